The molecule has 2 aliphatic rings. The molecule has 0 aliphatic carbocycles. The highest BCUT2D eigenvalue weighted by Gasteiger charge is 2.40. The van der Waals surface area contributed by atoms with E-state index in [9.17, 15) is 20.1 Å². The fraction of sp³-hybridized carbons (Fsp3) is 0.286. The van der Waals surface area contributed by atoms with Crippen LogP contribution in [0.25, 0.3) is 0 Å². The number of ether oxygens (including phenoxy) is 2. The van der Waals surface area contributed by atoms with E-state index in [-0.39, 0.29) is 41.3 Å². The van der Waals surface area contributed by atoms with Crippen molar-refractivity contribution >= 4 is 5.78 Å². The minimum atomic E-state index is -0.777. The number of hydrogen-bond acceptors (Lipinski definition) is 6. The van der Waals surface area contributed by atoms with E-state index in [1.165, 1.54) is 18.2 Å². The molecule has 6 heteroatoms. The maximum absolute atomic E-state index is 13.2. The zero-order chi connectivity index (χ0) is 19.5. The Balaban J connectivity index is 1.82. The minimum Gasteiger partial charge on any atom is -0.508 e. The van der Waals surface area contributed by atoms with Crippen LogP contribution < -0.4 is 9.47 Å². The molecule has 27 heavy (non-hydrogen) atoms. The molecule has 2 heterocycles. The van der Waals surface area contributed by atoms with Crippen LogP contribution in [0.15, 0.2) is 30.4 Å². The Bertz CT molecular complexity index is 991. The largest absolute Gasteiger partial charge is 0.508 e. The smallest absolute Gasteiger partial charge is 0.181 e. The van der Waals surface area contributed by atoms with Crippen molar-refractivity contribution < 1.29 is 29.6 Å². The maximum atomic E-state index is 13.2. The van der Waals surface area contributed by atoms with E-state index in [1.807, 2.05) is 6.92 Å². The molecule has 2 aromatic rings. The number of fused-ring (bicyclic) bond motifs is 3. The van der Waals surface area contributed by atoms with Gasteiger partial charge in [0.15, 0.2) is 5.78 Å². The van der Waals surface area contributed by atoms with E-state index >= 15 is 0 Å². The summed E-state index contributed by atoms with van der Waals surface area (Å²) in [7, 11) is 0. The zero-order valence-electron chi connectivity index (χ0n) is 15.1. The molecular weight excluding hydrogens is 348 g/mol. The van der Waals surface area contributed by atoms with Crippen LogP contribution in [-0.2, 0) is 6.42 Å². The molecule has 2 aliphatic heterocycles. The van der Waals surface area contributed by atoms with Crippen molar-refractivity contribution in [3.63, 3.8) is 0 Å². The number of phenolic OH excluding ortho intramolecular Hbond substituents is 3. The highest BCUT2D eigenvalue weighted by atomic mass is 16.5. The third-order valence-electron chi connectivity index (χ3n) is 5.25. The van der Waals surface area contributed by atoms with Gasteiger partial charge in [-0.1, -0.05) is 12.6 Å². The average Bonchev–Trinajstić information content (AvgIpc) is 3.06. The van der Waals surface area contributed by atoms with Crippen molar-refractivity contribution in [1.82, 2.24) is 0 Å². The summed E-state index contributed by atoms with van der Waals surface area (Å²) in [4.78, 5) is 13.2. The summed E-state index contributed by atoms with van der Waals surface area (Å²) < 4.78 is 11.8. The van der Waals surface area contributed by atoms with Crippen molar-refractivity contribution in [3.05, 3.63) is 52.6 Å². The minimum absolute atomic E-state index is 0.0247. The normalized spacial score (nSPS) is 20.4. The first-order valence-electron chi connectivity index (χ1n) is 8.69. The van der Waals surface area contributed by atoms with Crippen molar-refractivity contribution in [2.45, 2.75) is 32.3 Å². The monoisotopic (exact) mass is 368 g/mol. The Morgan fingerprint density at radius 1 is 1.22 bits per heavy atom. The number of benzene rings is 2. The Labute approximate surface area is 156 Å². The number of hydrogen-bond donors (Lipinski definition) is 3. The lowest BCUT2D eigenvalue weighted by molar-refractivity contribution is 0.0889. The zero-order valence-corrected chi connectivity index (χ0v) is 15.1. The standard InChI is InChI=1S/C21H20O6/c1-9(2)16-7-13-20(27-16)10(3)18(24)17-19(25)14(8-26-21(13)17)12-5-4-11(22)6-15(12)23/h4-6,14,16,22-24H,1,7-8H2,2-3H3/t14-,16-/m0/s1. The number of carbonyl (C=O) groups excluding carboxylic acids is 1. The van der Waals surface area contributed by atoms with Gasteiger partial charge in [-0.2, -0.15) is 0 Å². The summed E-state index contributed by atoms with van der Waals surface area (Å²) in [6.07, 6.45) is 0.304. The first-order chi connectivity index (χ1) is 12.8. The summed E-state index contributed by atoms with van der Waals surface area (Å²) in [6.45, 7) is 7.52. The predicted octanol–water partition coefficient (Wildman–Crippen LogP) is 3.35. The summed E-state index contributed by atoms with van der Waals surface area (Å²) in [5.74, 6) is -0.683. The fourth-order valence-electron chi connectivity index (χ4n) is 3.73. The van der Waals surface area contributed by atoms with E-state index in [1.54, 1.807) is 6.92 Å². The van der Waals surface area contributed by atoms with Gasteiger partial charge in [0, 0.05) is 29.2 Å². The van der Waals surface area contributed by atoms with Crippen LogP contribution in [0.3, 0.4) is 0 Å². The predicted molar refractivity (Wildman–Crippen MR) is 98.1 cm³/mol. The molecule has 0 saturated carbocycles. The Hall–Kier alpha value is -3.15. The molecule has 4 rings (SSSR count). The molecule has 0 bridgehead atoms. The third-order valence-corrected chi connectivity index (χ3v) is 5.25. The molecule has 3 N–H and O–H groups in total. The topological polar surface area (TPSA) is 96.2 Å². The fourth-order valence-corrected chi connectivity index (χ4v) is 3.73. The average molecular weight is 368 g/mol. The molecule has 0 saturated heterocycles. The number of carbonyl (C=O) groups is 1. The first-order valence-corrected chi connectivity index (χ1v) is 8.69. The van der Waals surface area contributed by atoms with E-state index in [4.69, 9.17) is 9.47 Å². The van der Waals surface area contributed by atoms with Gasteiger partial charge < -0.3 is 24.8 Å². The van der Waals surface area contributed by atoms with Crippen molar-refractivity contribution in [3.8, 4) is 28.7 Å². The molecule has 0 radical (unpaired) electrons. The molecule has 0 amide bonds. The SMILES string of the molecule is C=C(C)[C@@H]1Cc2c(c(C)c(O)c3c2OC[C@@H](c2ccc(O)cc2O)C3=O)O1. The molecule has 2 atom stereocenters. The second kappa shape index (κ2) is 5.94. The van der Waals surface area contributed by atoms with Crippen LogP contribution in [0.2, 0.25) is 0 Å². The summed E-state index contributed by atoms with van der Waals surface area (Å²) in [6, 6.07) is 4.06. The number of rotatable bonds is 2. The Morgan fingerprint density at radius 2 is 1.96 bits per heavy atom. The number of aromatic hydroxyl groups is 3. The van der Waals surface area contributed by atoms with Crippen LogP contribution in [0.1, 0.15) is 39.9 Å². The van der Waals surface area contributed by atoms with Gasteiger partial charge >= 0.3 is 0 Å². The lowest BCUT2D eigenvalue weighted by Gasteiger charge is -2.27. The van der Waals surface area contributed by atoms with Crippen LogP contribution >= 0.6 is 0 Å². The summed E-state index contributed by atoms with van der Waals surface area (Å²) >= 11 is 0. The second-order valence-electron chi connectivity index (χ2n) is 7.11. The van der Waals surface area contributed by atoms with Gasteiger partial charge in [0.25, 0.3) is 0 Å². The lowest BCUT2D eigenvalue weighted by Crippen LogP contribution is -2.27. The molecule has 6 nitrogen and oxygen atoms in total. The van der Waals surface area contributed by atoms with Gasteiger partial charge in [0.05, 0.1) is 5.92 Å². The van der Waals surface area contributed by atoms with Gasteiger partial charge in [0.2, 0.25) is 0 Å². The lowest BCUT2D eigenvalue weighted by atomic mass is 9.85. The summed E-state index contributed by atoms with van der Waals surface area (Å²) in [5.41, 5.74) is 2.56. The highest BCUT2D eigenvalue weighted by Crippen LogP contribution is 2.51. The van der Waals surface area contributed by atoms with E-state index in [0.29, 0.717) is 29.0 Å². The first kappa shape index (κ1) is 17.3. The Morgan fingerprint density at radius 3 is 2.63 bits per heavy atom. The quantitative estimate of drug-likeness (QED) is 0.704. The molecule has 0 unspecified atom stereocenters. The molecule has 2 aromatic carbocycles. The molecule has 0 fully saturated rings. The van der Waals surface area contributed by atoms with Crippen molar-refractivity contribution in [2.24, 2.45) is 0 Å². The van der Waals surface area contributed by atoms with E-state index in [0.717, 1.165) is 11.1 Å². The third kappa shape index (κ3) is 2.51. The maximum Gasteiger partial charge on any atom is 0.181 e. The molecular formula is C21H20O6. The van der Waals surface area contributed by atoms with Crippen molar-refractivity contribution in [1.29, 1.82) is 0 Å². The van der Waals surface area contributed by atoms with Crippen LogP contribution in [-0.4, -0.2) is 33.8 Å². The highest BCUT2D eigenvalue weighted by molar-refractivity contribution is 6.08. The summed E-state index contributed by atoms with van der Waals surface area (Å²) in [5, 5.41) is 30.3. The number of Topliss-reactive ketones (excluding diaryl/α,β-unsaturated/α-hetero) is 1. The number of ketones is 1. The van der Waals surface area contributed by atoms with Gasteiger partial charge in [0.1, 0.15) is 47.0 Å². The molecule has 0 aromatic heterocycles. The Kier molecular flexibility index (Phi) is 3.80. The van der Waals surface area contributed by atoms with Gasteiger partial charge in [-0.25, -0.2) is 0 Å². The number of phenols is 3. The second-order valence-corrected chi connectivity index (χ2v) is 7.11. The van der Waals surface area contributed by atoms with Crippen molar-refractivity contribution in [2.75, 3.05) is 6.61 Å². The van der Waals surface area contributed by atoms with E-state index in [2.05, 4.69) is 6.58 Å². The van der Waals surface area contributed by atoms with Crippen LogP contribution in [0.4, 0.5) is 0 Å². The molecule has 0 spiro atoms. The van der Waals surface area contributed by atoms with Gasteiger partial charge in [-0.3, -0.25) is 4.79 Å². The van der Waals surface area contributed by atoms with Gasteiger partial charge in [-0.05, 0) is 25.5 Å². The van der Waals surface area contributed by atoms with Crippen LogP contribution in [0, 0.1) is 6.92 Å². The van der Waals surface area contributed by atoms with E-state index < -0.39 is 5.92 Å². The molecule has 140 valence electrons. The van der Waals surface area contributed by atoms with Gasteiger partial charge in [-0.15, -0.1) is 0 Å². The van der Waals surface area contributed by atoms with Crippen LogP contribution in [0.5, 0.6) is 28.7 Å².